The molecule has 1 saturated carbocycles. The van der Waals surface area contributed by atoms with Gasteiger partial charge in [0, 0.05) is 22.2 Å². The third-order valence-corrected chi connectivity index (χ3v) is 4.92. The van der Waals surface area contributed by atoms with Gasteiger partial charge in [-0.3, -0.25) is 0 Å². The van der Waals surface area contributed by atoms with E-state index < -0.39 is 0 Å². The fraction of sp³-hybridized carbons (Fsp3) is 0.600. The summed E-state index contributed by atoms with van der Waals surface area (Å²) in [6, 6.07) is 6.62. The van der Waals surface area contributed by atoms with Gasteiger partial charge in [0.05, 0.1) is 6.61 Å². The van der Waals surface area contributed by atoms with Crippen molar-refractivity contribution in [3.05, 3.63) is 18.2 Å². The number of hydrogen-bond acceptors (Lipinski definition) is 5. The number of hydrogen-bond donors (Lipinski definition) is 2. The molecule has 1 aromatic rings. The second kappa shape index (κ2) is 5.84. The summed E-state index contributed by atoms with van der Waals surface area (Å²) in [7, 11) is 0. The highest BCUT2D eigenvalue weighted by Crippen LogP contribution is 2.35. The highest BCUT2D eigenvalue weighted by atomic mass is 32.2. The minimum atomic E-state index is -0.223. The van der Waals surface area contributed by atoms with E-state index in [1.807, 2.05) is 18.2 Å². The summed E-state index contributed by atoms with van der Waals surface area (Å²) < 4.78 is 11.1. The summed E-state index contributed by atoms with van der Waals surface area (Å²) in [5.41, 5.74) is -0.223. The Labute approximate surface area is 123 Å². The largest absolute Gasteiger partial charge is 0.486 e. The standard InChI is InChI=1S/C15H21NO3S/c1-15(9-17,16-11-2-3-11)10-20-12-4-5-13-14(8-12)19-7-6-18-13/h4-5,8,11,16-17H,2-3,6-7,9-10H2,1H3. The van der Waals surface area contributed by atoms with Gasteiger partial charge < -0.3 is 19.9 Å². The molecule has 2 aliphatic rings. The number of aliphatic hydroxyl groups is 1. The summed E-state index contributed by atoms with van der Waals surface area (Å²) in [5, 5.41) is 13.1. The second-order valence-corrected chi connectivity index (χ2v) is 6.78. The van der Waals surface area contributed by atoms with Crippen molar-refractivity contribution in [1.82, 2.24) is 5.32 Å². The van der Waals surface area contributed by atoms with Crippen LogP contribution in [-0.2, 0) is 0 Å². The molecule has 1 unspecified atom stereocenters. The van der Waals surface area contributed by atoms with Crippen molar-refractivity contribution in [2.24, 2.45) is 0 Å². The Balaban J connectivity index is 1.62. The molecule has 0 bridgehead atoms. The molecule has 110 valence electrons. The third-order valence-electron chi connectivity index (χ3n) is 3.55. The van der Waals surface area contributed by atoms with Crippen LogP contribution in [0.4, 0.5) is 0 Å². The first-order valence-electron chi connectivity index (χ1n) is 7.09. The summed E-state index contributed by atoms with van der Waals surface area (Å²) in [4.78, 5) is 1.14. The molecule has 1 fully saturated rings. The van der Waals surface area contributed by atoms with Crippen molar-refractivity contribution in [2.45, 2.75) is 36.2 Å². The van der Waals surface area contributed by atoms with Gasteiger partial charge >= 0.3 is 0 Å². The topological polar surface area (TPSA) is 50.7 Å². The first-order chi connectivity index (χ1) is 9.68. The van der Waals surface area contributed by atoms with Crippen molar-refractivity contribution in [2.75, 3.05) is 25.6 Å². The number of fused-ring (bicyclic) bond motifs is 1. The van der Waals surface area contributed by atoms with Gasteiger partial charge in [0.1, 0.15) is 13.2 Å². The van der Waals surface area contributed by atoms with Gasteiger partial charge in [-0.1, -0.05) is 0 Å². The highest BCUT2D eigenvalue weighted by molar-refractivity contribution is 7.99. The molecule has 4 nitrogen and oxygen atoms in total. The van der Waals surface area contributed by atoms with Crippen LogP contribution in [0.15, 0.2) is 23.1 Å². The summed E-state index contributed by atoms with van der Waals surface area (Å²) in [6.45, 7) is 3.46. The molecule has 0 amide bonds. The van der Waals surface area contributed by atoms with E-state index in [-0.39, 0.29) is 12.1 Å². The van der Waals surface area contributed by atoms with Gasteiger partial charge in [0.15, 0.2) is 11.5 Å². The molecule has 20 heavy (non-hydrogen) atoms. The fourth-order valence-corrected chi connectivity index (χ4v) is 3.22. The first-order valence-corrected chi connectivity index (χ1v) is 8.08. The normalized spacial score (nSPS) is 20.5. The van der Waals surface area contributed by atoms with Crippen LogP contribution < -0.4 is 14.8 Å². The summed E-state index contributed by atoms with van der Waals surface area (Å²) in [5.74, 6) is 2.48. The maximum absolute atomic E-state index is 9.61. The summed E-state index contributed by atoms with van der Waals surface area (Å²) >= 11 is 1.74. The van der Waals surface area contributed by atoms with E-state index in [2.05, 4.69) is 12.2 Å². The molecule has 0 radical (unpaired) electrons. The van der Waals surface area contributed by atoms with E-state index in [1.165, 1.54) is 12.8 Å². The van der Waals surface area contributed by atoms with Crippen molar-refractivity contribution in [3.63, 3.8) is 0 Å². The van der Waals surface area contributed by atoms with E-state index in [0.717, 1.165) is 22.1 Å². The maximum atomic E-state index is 9.61. The number of aliphatic hydroxyl groups excluding tert-OH is 1. The Morgan fingerprint density at radius 2 is 2.05 bits per heavy atom. The first kappa shape index (κ1) is 14.0. The van der Waals surface area contributed by atoms with E-state index in [0.29, 0.717) is 19.3 Å². The van der Waals surface area contributed by atoms with Crippen molar-refractivity contribution >= 4 is 11.8 Å². The molecular formula is C15H21NO3S. The van der Waals surface area contributed by atoms with Crippen molar-refractivity contribution in [3.8, 4) is 11.5 Å². The molecule has 5 heteroatoms. The van der Waals surface area contributed by atoms with E-state index in [4.69, 9.17) is 9.47 Å². The lowest BCUT2D eigenvalue weighted by molar-refractivity contribution is 0.171. The molecular weight excluding hydrogens is 274 g/mol. The Bertz CT molecular complexity index is 478. The quantitative estimate of drug-likeness (QED) is 0.787. The Kier molecular flexibility index (Phi) is 4.10. The average molecular weight is 295 g/mol. The van der Waals surface area contributed by atoms with E-state index in [9.17, 15) is 5.11 Å². The SMILES string of the molecule is CC(CO)(CSc1ccc2c(c1)OCCO2)NC1CC1. The van der Waals surface area contributed by atoms with Crippen LogP contribution in [0.25, 0.3) is 0 Å². The molecule has 0 saturated heterocycles. The lowest BCUT2D eigenvalue weighted by Gasteiger charge is -2.28. The highest BCUT2D eigenvalue weighted by Gasteiger charge is 2.32. The van der Waals surface area contributed by atoms with Gasteiger partial charge in [-0.2, -0.15) is 0 Å². The number of thioether (sulfide) groups is 1. The maximum Gasteiger partial charge on any atom is 0.162 e. The molecule has 0 spiro atoms. The lowest BCUT2D eigenvalue weighted by atomic mass is 10.1. The van der Waals surface area contributed by atoms with E-state index in [1.54, 1.807) is 11.8 Å². The Morgan fingerprint density at radius 3 is 2.75 bits per heavy atom. The van der Waals surface area contributed by atoms with Crippen LogP contribution in [0, 0.1) is 0 Å². The molecule has 0 aromatic heterocycles. The van der Waals surface area contributed by atoms with Crippen LogP contribution in [0.1, 0.15) is 19.8 Å². The number of rotatable bonds is 6. The zero-order valence-electron chi connectivity index (χ0n) is 11.7. The van der Waals surface area contributed by atoms with Crippen LogP contribution in [0.3, 0.4) is 0 Å². The minimum absolute atomic E-state index is 0.154. The predicted molar refractivity (Wildman–Crippen MR) is 79.8 cm³/mol. The molecule has 3 rings (SSSR count). The monoisotopic (exact) mass is 295 g/mol. The number of benzene rings is 1. The van der Waals surface area contributed by atoms with Gasteiger partial charge in [0.2, 0.25) is 0 Å². The Hall–Kier alpha value is -0.910. The molecule has 1 aromatic carbocycles. The fourth-order valence-electron chi connectivity index (χ4n) is 2.21. The number of ether oxygens (including phenoxy) is 2. The van der Waals surface area contributed by atoms with Gasteiger partial charge in [-0.05, 0) is 38.0 Å². The van der Waals surface area contributed by atoms with Crippen molar-refractivity contribution in [1.29, 1.82) is 0 Å². The lowest BCUT2D eigenvalue weighted by Crippen LogP contribution is -2.49. The van der Waals surface area contributed by atoms with Crippen LogP contribution >= 0.6 is 11.8 Å². The van der Waals surface area contributed by atoms with Crippen LogP contribution in [0.5, 0.6) is 11.5 Å². The third kappa shape index (κ3) is 3.40. The zero-order chi connectivity index (χ0) is 14.0. The second-order valence-electron chi connectivity index (χ2n) is 5.73. The summed E-state index contributed by atoms with van der Waals surface area (Å²) in [6.07, 6.45) is 2.45. The molecule has 1 aliphatic carbocycles. The molecule has 1 aliphatic heterocycles. The van der Waals surface area contributed by atoms with Crippen LogP contribution in [0.2, 0.25) is 0 Å². The smallest absolute Gasteiger partial charge is 0.162 e. The van der Waals surface area contributed by atoms with Gasteiger partial charge in [-0.15, -0.1) is 11.8 Å². The molecule has 1 atom stereocenters. The van der Waals surface area contributed by atoms with Crippen molar-refractivity contribution < 1.29 is 14.6 Å². The Morgan fingerprint density at radius 1 is 1.30 bits per heavy atom. The average Bonchev–Trinajstić information content (AvgIpc) is 3.29. The number of nitrogens with one attached hydrogen (secondary N) is 1. The molecule has 1 heterocycles. The van der Waals surface area contributed by atoms with E-state index >= 15 is 0 Å². The molecule has 2 N–H and O–H groups in total. The van der Waals surface area contributed by atoms with Crippen LogP contribution in [-0.4, -0.2) is 42.3 Å². The minimum Gasteiger partial charge on any atom is -0.486 e. The van der Waals surface area contributed by atoms with Gasteiger partial charge in [0.25, 0.3) is 0 Å². The predicted octanol–water partition coefficient (Wildman–Crippen LogP) is 2.05. The van der Waals surface area contributed by atoms with Gasteiger partial charge in [-0.25, -0.2) is 0 Å². The zero-order valence-corrected chi connectivity index (χ0v) is 12.5.